The highest BCUT2D eigenvalue weighted by Crippen LogP contribution is 2.31. The molecule has 0 radical (unpaired) electrons. The van der Waals surface area contributed by atoms with Crippen LogP contribution >= 0.6 is 0 Å². The monoisotopic (exact) mass is 405 g/mol. The predicted octanol–water partition coefficient (Wildman–Crippen LogP) is 2.58. The van der Waals surface area contributed by atoms with Crippen molar-refractivity contribution >= 4 is 22.8 Å². The SMILES string of the molecule is Cc1c2c(nc3nc(NC4CCN(Cc5ccncc5O)CC4)nc(N)c13)CCC2. The Morgan fingerprint density at radius 3 is 2.83 bits per heavy atom. The van der Waals surface area contributed by atoms with E-state index in [1.165, 1.54) is 17.3 Å². The predicted molar refractivity (Wildman–Crippen MR) is 116 cm³/mol. The first-order chi connectivity index (χ1) is 14.6. The first-order valence-electron chi connectivity index (χ1n) is 10.6. The van der Waals surface area contributed by atoms with Gasteiger partial charge in [-0.1, -0.05) is 0 Å². The van der Waals surface area contributed by atoms with Crippen molar-refractivity contribution in [2.45, 2.75) is 51.6 Å². The Labute approximate surface area is 175 Å². The van der Waals surface area contributed by atoms with Gasteiger partial charge in [0.2, 0.25) is 5.95 Å². The average Bonchev–Trinajstić information content (AvgIpc) is 3.20. The maximum absolute atomic E-state index is 9.94. The molecule has 0 aromatic carbocycles. The molecule has 0 atom stereocenters. The molecule has 0 bridgehead atoms. The van der Waals surface area contributed by atoms with Crippen LogP contribution in [-0.2, 0) is 19.4 Å². The number of anilines is 2. The number of piperidine rings is 1. The van der Waals surface area contributed by atoms with Crippen molar-refractivity contribution in [3.05, 3.63) is 40.8 Å². The van der Waals surface area contributed by atoms with Crippen LogP contribution in [0.5, 0.6) is 5.75 Å². The summed E-state index contributed by atoms with van der Waals surface area (Å²) in [5, 5.41) is 14.3. The Morgan fingerprint density at radius 1 is 1.20 bits per heavy atom. The zero-order chi connectivity index (χ0) is 20.7. The number of nitrogens with zero attached hydrogens (tertiary/aromatic N) is 5. The fourth-order valence-electron chi connectivity index (χ4n) is 4.71. The van der Waals surface area contributed by atoms with Crippen LogP contribution in [0.15, 0.2) is 18.5 Å². The Balaban J connectivity index is 1.28. The molecule has 30 heavy (non-hydrogen) atoms. The molecule has 3 aromatic rings. The van der Waals surface area contributed by atoms with Crippen molar-refractivity contribution in [3.8, 4) is 5.75 Å². The summed E-state index contributed by atoms with van der Waals surface area (Å²) in [5.74, 6) is 1.33. The number of likely N-dealkylation sites (tertiary alicyclic amines) is 1. The van der Waals surface area contributed by atoms with Gasteiger partial charge in [-0.15, -0.1) is 0 Å². The van der Waals surface area contributed by atoms with Gasteiger partial charge in [0, 0.05) is 43.1 Å². The summed E-state index contributed by atoms with van der Waals surface area (Å²) in [6.07, 6.45) is 8.40. The van der Waals surface area contributed by atoms with Crippen molar-refractivity contribution in [2.75, 3.05) is 24.1 Å². The molecule has 5 rings (SSSR count). The van der Waals surface area contributed by atoms with E-state index in [2.05, 4.69) is 27.1 Å². The maximum atomic E-state index is 9.94. The Bertz CT molecular complexity index is 1090. The van der Waals surface area contributed by atoms with Gasteiger partial charge in [0.25, 0.3) is 0 Å². The molecule has 1 aliphatic carbocycles. The summed E-state index contributed by atoms with van der Waals surface area (Å²) in [6.45, 7) is 4.72. The smallest absolute Gasteiger partial charge is 0.226 e. The normalized spacial score (nSPS) is 17.4. The van der Waals surface area contributed by atoms with Gasteiger partial charge in [-0.25, -0.2) is 4.98 Å². The van der Waals surface area contributed by atoms with Gasteiger partial charge < -0.3 is 16.2 Å². The van der Waals surface area contributed by atoms with Gasteiger partial charge in [-0.05, 0) is 56.2 Å². The largest absolute Gasteiger partial charge is 0.506 e. The van der Waals surface area contributed by atoms with E-state index >= 15 is 0 Å². The van der Waals surface area contributed by atoms with E-state index < -0.39 is 0 Å². The molecule has 2 aliphatic rings. The van der Waals surface area contributed by atoms with Crippen LogP contribution in [0.3, 0.4) is 0 Å². The number of aromatic nitrogens is 4. The molecule has 3 aromatic heterocycles. The molecule has 1 saturated heterocycles. The van der Waals surface area contributed by atoms with Crippen LogP contribution in [0.1, 0.15) is 41.6 Å². The highest BCUT2D eigenvalue weighted by atomic mass is 16.3. The molecular weight excluding hydrogens is 378 g/mol. The average molecular weight is 406 g/mol. The quantitative estimate of drug-likeness (QED) is 0.607. The topological polar surface area (TPSA) is 113 Å². The molecule has 4 N–H and O–H groups in total. The van der Waals surface area contributed by atoms with Crippen LogP contribution in [0.4, 0.5) is 11.8 Å². The van der Waals surface area contributed by atoms with Crippen molar-refractivity contribution in [2.24, 2.45) is 0 Å². The van der Waals surface area contributed by atoms with Gasteiger partial charge in [-0.3, -0.25) is 9.88 Å². The lowest BCUT2D eigenvalue weighted by Crippen LogP contribution is -2.39. The van der Waals surface area contributed by atoms with Crippen LogP contribution in [0.25, 0.3) is 11.0 Å². The molecular formula is C22H27N7O. The molecule has 4 heterocycles. The lowest BCUT2D eigenvalue weighted by Gasteiger charge is -2.32. The minimum atomic E-state index is 0.257. The second-order valence-corrected chi connectivity index (χ2v) is 8.35. The number of nitrogens with two attached hydrogens (primary N) is 1. The third kappa shape index (κ3) is 3.52. The van der Waals surface area contributed by atoms with Crippen LogP contribution in [0, 0.1) is 6.92 Å². The zero-order valence-corrected chi connectivity index (χ0v) is 17.2. The number of nitrogen functional groups attached to an aromatic ring is 1. The fraction of sp³-hybridized carbons (Fsp3) is 0.455. The van der Waals surface area contributed by atoms with E-state index in [-0.39, 0.29) is 5.75 Å². The maximum Gasteiger partial charge on any atom is 0.226 e. The molecule has 0 spiro atoms. The minimum absolute atomic E-state index is 0.257. The van der Waals surface area contributed by atoms with E-state index in [4.69, 9.17) is 15.7 Å². The standard InChI is InChI=1S/C22H27N7O/c1-13-16-3-2-4-17(16)26-21-19(13)20(23)27-22(28-21)25-15-6-9-29(10-7-15)12-14-5-8-24-11-18(14)30/h5,8,11,15,30H,2-4,6-7,9-10,12H2,1H3,(H3,23,25,26,27,28). The molecule has 8 heteroatoms. The molecule has 1 aliphatic heterocycles. The number of aromatic hydroxyl groups is 1. The summed E-state index contributed by atoms with van der Waals surface area (Å²) in [4.78, 5) is 20.3. The highest BCUT2D eigenvalue weighted by Gasteiger charge is 2.23. The van der Waals surface area contributed by atoms with Crippen LogP contribution < -0.4 is 11.1 Å². The third-order valence-corrected chi connectivity index (χ3v) is 6.38. The summed E-state index contributed by atoms with van der Waals surface area (Å²) < 4.78 is 0. The summed E-state index contributed by atoms with van der Waals surface area (Å²) in [7, 11) is 0. The van der Waals surface area contributed by atoms with Gasteiger partial charge in [0.15, 0.2) is 5.65 Å². The van der Waals surface area contributed by atoms with E-state index in [1.54, 1.807) is 6.20 Å². The van der Waals surface area contributed by atoms with Crippen molar-refractivity contribution < 1.29 is 5.11 Å². The van der Waals surface area contributed by atoms with Crippen molar-refractivity contribution in [1.82, 2.24) is 24.8 Å². The number of hydrogen-bond donors (Lipinski definition) is 3. The molecule has 1 fully saturated rings. The second kappa shape index (κ2) is 7.68. The number of nitrogens with one attached hydrogen (secondary N) is 1. The van der Waals surface area contributed by atoms with E-state index in [0.717, 1.165) is 68.4 Å². The molecule has 8 nitrogen and oxygen atoms in total. The Kier molecular flexibility index (Phi) is 4.86. The number of fused-ring (bicyclic) bond motifs is 2. The molecule has 0 amide bonds. The third-order valence-electron chi connectivity index (χ3n) is 6.38. The van der Waals surface area contributed by atoms with Crippen LogP contribution in [0.2, 0.25) is 0 Å². The van der Waals surface area contributed by atoms with E-state index in [1.807, 2.05) is 6.07 Å². The van der Waals surface area contributed by atoms with Gasteiger partial charge in [0.1, 0.15) is 11.6 Å². The first kappa shape index (κ1) is 19.0. The van der Waals surface area contributed by atoms with Crippen LogP contribution in [-0.4, -0.2) is 49.1 Å². The first-order valence-corrected chi connectivity index (χ1v) is 10.6. The number of rotatable bonds is 4. The summed E-state index contributed by atoms with van der Waals surface area (Å²) >= 11 is 0. The number of pyridine rings is 2. The van der Waals surface area contributed by atoms with Gasteiger partial charge in [0.05, 0.1) is 11.6 Å². The van der Waals surface area contributed by atoms with E-state index in [0.29, 0.717) is 23.5 Å². The molecule has 0 saturated carbocycles. The second-order valence-electron chi connectivity index (χ2n) is 8.35. The fourth-order valence-corrected chi connectivity index (χ4v) is 4.71. The summed E-state index contributed by atoms with van der Waals surface area (Å²) in [5.41, 5.74) is 11.6. The number of hydrogen-bond acceptors (Lipinski definition) is 8. The zero-order valence-electron chi connectivity index (χ0n) is 17.2. The number of aryl methyl sites for hydroxylation is 2. The van der Waals surface area contributed by atoms with Gasteiger partial charge in [-0.2, -0.15) is 9.97 Å². The minimum Gasteiger partial charge on any atom is -0.506 e. The summed E-state index contributed by atoms with van der Waals surface area (Å²) in [6, 6.07) is 2.16. The Hall–Kier alpha value is -3.00. The highest BCUT2D eigenvalue weighted by molar-refractivity contribution is 5.90. The van der Waals surface area contributed by atoms with Gasteiger partial charge >= 0.3 is 0 Å². The Morgan fingerprint density at radius 2 is 2.03 bits per heavy atom. The lowest BCUT2D eigenvalue weighted by molar-refractivity contribution is 0.209. The van der Waals surface area contributed by atoms with Crippen molar-refractivity contribution in [3.63, 3.8) is 0 Å². The molecule has 156 valence electrons. The van der Waals surface area contributed by atoms with E-state index in [9.17, 15) is 5.11 Å². The van der Waals surface area contributed by atoms with Crippen molar-refractivity contribution in [1.29, 1.82) is 0 Å². The lowest BCUT2D eigenvalue weighted by atomic mass is 10.0. The molecule has 0 unspecified atom stereocenters.